The van der Waals surface area contributed by atoms with E-state index in [2.05, 4.69) is 20.7 Å². The van der Waals surface area contributed by atoms with E-state index in [9.17, 15) is 18.9 Å². The average molecular weight is 268 g/mol. The molecule has 0 heterocycles. The Kier molecular flexibility index (Phi) is 3.34. The lowest BCUT2D eigenvalue weighted by Crippen LogP contribution is -1.97. The lowest BCUT2D eigenvalue weighted by atomic mass is 10.3. The van der Waals surface area contributed by atoms with E-state index >= 15 is 0 Å². The van der Waals surface area contributed by atoms with Crippen molar-refractivity contribution >= 4 is 21.6 Å². The fraction of sp³-hybridized carbons (Fsp3) is 0.143. The summed E-state index contributed by atoms with van der Waals surface area (Å²) in [4.78, 5) is 9.58. The predicted octanol–water partition coefficient (Wildman–Crippen LogP) is 2.80. The maximum atomic E-state index is 13.2. The van der Waals surface area contributed by atoms with E-state index < -0.39 is 23.3 Å². The first-order valence-corrected chi connectivity index (χ1v) is 4.18. The van der Waals surface area contributed by atoms with Gasteiger partial charge in [0.2, 0.25) is 6.86 Å². The molecule has 0 aliphatic rings. The number of hydrogen-bond donors (Lipinski definition) is 0. The van der Waals surface area contributed by atoms with Crippen LogP contribution in [0.3, 0.4) is 0 Å². The number of hydrogen-bond acceptors (Lipinski definition) is 3. The van der Waals surface area contributed by atoms with E-state index in [1.165, 1.54) is 0 Å². The molecule has 0 N–H and O–H groups in total. The lowest BCUT2D eigenvalue weighted by Gasteiger charge is -2.03. The van der Waals surface area contributed by atoms with Crippen LogP contribution >= 0.6 is 15.9 Å². The minimum atomic E-state index is -1.19. The van der Waals surface area contributed by atoms with Crippen LogP contribution in [0.15, 0.2) is 16.6 Å². The second-order valence-electron chi connectivity index (χ2n) is 2.22. The molecule has 0 saturated carbocycles. The largest absolute Gasteiger partial charge is 0.460 e. The van der Waals surface area contributed by atoms with Crippen molar-refractivity contribution in [2.45, 2.75) is 0 Å². The number of nitrogens with zero attached hydrogens (tertiary/aromatic N) is 1. The number of benzene rings is 1. The summed E-state index contributed by atoms with van der Waals surface area (Å²) < 4.78 is 28.8. The summed E-state index contributed by atoms with van der Waals surface area (Å²) in [6.07, 6.45) is 0. The van der Waals surface area contributed by atoms with Crippen molar-refractivity contribution in [2.75, 3.05) is 6.86 Å². The molecule has 0 bridgehead atoms. The maximum absolute atomic E-state index is 13.2. The fourth-order valence-corrected chi connectivity index (χ4v) is 1.31. The number of ether oxygens (including phenoxy) is 1. The quantitative estimate of drug-likeness (QED) is 0.625. The van der Waals surface area contributed by atoms with Crippen LogP contribution in [0.25, 0.3) is 0 Å². The van der Waals surface area contributed by atoms with E-state index in [0.717, 1.165) is 12.1 Å². The first-order chi connectivity index (χ1) is 6.57. The molecule has 76 valence electrons. The molecule has 0 spiro atoms. The lowest BCUT2D eigenvalue weighted by molar-refractivity contribution is -0.385. The van der Waals surface area contributed by atoms with Crippen molar-refractivity contribution in [3.05, 3.63) is 32.5 Å². The predicted molar refractivity (Wildman–Crippen MR) is 47.4 cm³/mol. The minimum absolute atomic E-state index is 0.353. The topological polar surface area (TPSA) is 52.4 Å². The Labute approximate surface area is 85.8 Å². The molecular weight excluding hydrogens is 264 g/mol. The van der Waals surface area contributed by atoms with E-state index in [4.69, 9.17) is 0 Å². The molecule has 14 heavy (non-hydrogen) atoms. The molecule has 0 aliphatic heterocycles. The maximum Gasteiger partial charge on any atom is 0.286 e. The second-order valence-corrected chi connectivity index (χ2v) is 3.01. The van der Waals surface area contributed by atoms with Crippen molar-refractivity contribution in [1.82, 2.24) is 0 Å². The molecule has 0 radical (unpaired) electrons. The van der Waals surface area contributed by atoms with Gasteiger partial charge >= 0.3 is 0 Å². The van der Waals surface area contributed by atoms with Gasteiger partial charge in [-0.2, -0.15) is 0 Å². The molecule has 4 nitrogen and oxygen atoms in total. The standard InChI is InChI=1S/C7H4BrF2NO3/c8-6-4(11(12)13)1-2-5(7(6)10)14-3-9/h1-2H,3H2. The van der Waals surface area contributed by atoms with Crippen molar-refractivity contribution in [1.29, 1.82) is 0 Å². The van der Waals surface area contributed by atoms with Crippen LogP contribution in [0.1, 0.15) is 0 Å². The SMILES string of the molecule is O=[N+]([O-])c1ccc(OCF)c(F)c1Br. The van der Waals surface area contributed by atoms with E-state index in [-0.39, 0.29) is 10.2 Å². The number of nitro groups is 1. The summed E-state index contributed by atoms with van der Waals surface area (Å²) in [5, 5.41) is 10.3. The van der Waals surface area contributed by atoms with E-state index in [1.54, 1.807) is 0 Å². The van der Waals surface area contributed by atoms with Gasteiger partial charge in [-0.3, -0.25) is 10.1 Å². The van der Waals surface area contributed by atoms with Gasteiger partial charge in [0.15, 0.2) is 11.6 Å². The molecule has 1 rings (SSSR count). The van der Waals surface area contributed by atoms with Gasteiger partial charge in [0.25, 0.3) is 5.69 Å². The smallest absolute Gasteiger partial charge is 0.286 e. The summed E-state index contributed by atoms with van der Waals surface area (Å²) in [7, 11) is 0. The number of halogens is 3. The third-order valence-corrected chi connectivity index (χ3v) is 2.19. The van der Waals surface area contributed by atoms with E-state index in [0.29, 0.717) is 0 Å². The number of alkyl halides is 1. The van der Waals surface area contributed by atoms with Crippen LogP contribution < -0.4 is 4.74 Å². The monoisotopic (exact) mass is 267 g/mol. The third-order valence-electron chi connectivity index (χ3n) is 1.43. The molecule has 0 fully saturated rings. The Balaban J connectivity index is 3.19. The first-order valence-electron chi connectivity index (χ1n) is 3.39. The Morgan fingerprint density at radius 3 is 2.71 bits per heavy atom. The molecule has 0 atom stereocenters. The van der Waals surface area contributed by atoms with E-state index in [1.807, 2.05) is 0 Å². The van der Waals surface area contributed by atoms with Crippen LogP contribution in [-0.4, -0.2) is 11.8 Å². The summed E-state index contributed by atoms with van der Waals surface area (Å²) in [6.45, 7) is -1.19. The van der Waals surface area contributed by atoms with Crippen LogP contribution in [0.5, 0.6) is 5.75 Å². The molecule has 1 aromatic rings. The zero-order valence-corrected chi connectivity index (χ0v) is 8.25. The second kappa shape index (κ2) is 4.32. The van der Waals surface area contributed by atoms with Gasteiger partial charge in [0, 0.05) is 6.07 Å². The molecule has 1 aromatic carbocycles. The molecule has 0 amide bonds. The molecule has 7 heteroatoms. The Bertz CT molecular complexity index is 372. The highest BCUT2D eigenvalue weighted by molar-refractivity contribution is 9.10. The molecule has 0 saturated heterocycles. The van der Waals surface area contributed by atoms with Crippen molar-refractivity contribution < 1.29 is 18.4 Å². The van der Waals surface area contributed by atoms with Gasteiger partial charge in [0.05, 0.1) is 4.92 Å². The van der Waals surface area contributed by atoms with Gasteiger partial charge in [-0.1, -0.05) is 0 Å². The Hall–Kier alpha value is -1.24. The third kappa shape index (κ3) is 1.98. The molecular formula is C7H4BrF2NO3. The summed E-state index contributed by atoms with van der Waals surface area (Å²) in [5.41, 5.74) is -0.436. The van der Waals surface area contributed by atoms with Crippen LogP contribution in [0, 0.1) is 15.9 Å². The summed E-state index contributed by atoms with van der Waals surface area (Å²) in [6, 6.07) is 2.02. The highest BCUT2D eigenvalue weighted by Crippen LogP contribution is 2.33. The highest BCUT2D eigenvalue weighted by atomic mass is 79.9. The van der Waals surface area contributed by atoms with Crippen molar-refractivity contribution in [3.8, 4) is 5.75 Å². The zero-order chi connectivity index (χ0) is 10.7. The average Bonchev–Trinajstić information content (AvgIpc) is 2.13. The fourth-order valence-electron chi connectivity index (χ4n) is 0.833. The van der Waals surface area contributed by atoms with Crippen LogP contribution in [0.4, 0.5) is 14.5 Å². The molecule has 0 aromatic heterocycles. The van der Waals surface area contributed by atoms with Crippen molar-refractivity contribution in [3.63, 3.8) is 0 Å². The number of nitro benzene ring substituents is 1. The Morgan fingerprint density at radius 2 is 2.21 bits per heavy atom. The summed E-state index contributed by atoms with van der Waals surface area (Å²) in [5.74, 6) is -1.36. The molecule has 0 unspecified atom stereocenters. The van der Waals surface area contributed by atoms with Gasteiger partial charge in [-0.05, 0) is 22.0 Å². The molecule has 0 aliphatic carbocycles. The van der Waals surface area contributed by atoms with Gasteiger partial charge in [-0.15, -0.1) is 0 Å². The van der Waals surface area contributed by atoms with Gasteiger partial charge in [0.1, 0.15) is 4.47 Å². The first kappa shape index (κ1) is 10.8. The van der Waals surface area contributed by atoms with Crippen molar-refractivity contribution in [2.24, 2.45) is 0 Å². The van der Waals surface area contributed by atoms with Crippen LogP contribution in [0.2, 0.25) is 0 Å². The highest BCUT2D eigenvalue weighted by Gasteiger charge is 2.19. The van der Waals surface area contributed by atoms with Gasteiger partial charge < -0.3 is 4.74 Å². The summed E-state index contributed by atoms with van der Waals surface area (Å²) >= 11 is 2.68. The number of rotatable bonds is 3. The Morgan fingerprint density at radius 1 is 1.57 bits per heavy atom. The van der Waals surface area contributed by atoms with Gasteiger partial charge in [-0.25, -0.2) is 8.78 Å². The van der Waals surface area contributed by atoms with Crippen LogP contribution in [-0.2, 0) is 0 Å². The zero-order valence-electron chi connectivity index (χ0n) is 6.67. The normalized spacial score (nSPS) is 9.93. The minimum Gasteiger partial charge on any atom is -0.460 e.